The van der Waals surface area contributed by atoms with Crippen LogP contribution < -0.4 is 10.9 Å². The molecule has 1 atom stereocenters. The molecule has 3 rings (SSSR count). The molecule has 1 saturated heterocycles. The highest BCUT2D eigenvalue weighted by Crippen LogP contribution is 2.37. The Morgan fingerprint density at radius 2 is 2.24 bits per heavy atom. The summed E-state index contributed by atoms with van der Waals surface area (Å²) in [5, 5.41) is 5.37. The summed E-state index contributed by atoms with van der Waals surface area (Å²) in [5.74, 6) is 0. The van der Waals surface area contributed by atoms with Crippen LogP contribution in [-0.2, 0) is 11.3 Å². The molecule has 1 fully saturated rings. The molecule has 0 radical (unpaired) electrons. The smallest absolute Gasteiger partial charge is 0.258 e. The largest absolute Gasteiger partial charge is 0.368 e. The van der Waals surface area contributed by atoms with Crippen LogP contribution in [0, 0.1) is 0 Å². The Kier molecular flexibility index (Phi) is 3.43. The highest BCUT2D eigenvalue weighted by Gasteiger charge is 2.45. The predicted octanol–water partition coefficient (Wildman–Crippen LogP) is 2.19. The minimum absolute atomic E-state index is 0.0275. The number of thiazole rings is 1. The van der Waals surface area contributed by atoms with Crippen molar-refractivity contribution in [3.63, 3.8) is 0 Å². The molecule has 0 amide bonds. The number of rotatable bonds is 3. The molecule has 1 N–H and O–H groups in total. The molecule has 0 aliphatic carbocycles. The van der Waals surface area contributed by atoms with Crippen LogP contribution in [0.4, 0.5) is 0 Å². The van der Waals surface area contributed by atoms with Crippen molar-refractivity contribution in [2.24, 2.45) is 0 Å². The molecule has 0 saturated carbocycles. The molecule has 0 spiro atoms. The third-order valence-corrected chi connectivity index (χ3v) is 4.72. The van der Waals surface area contributed by atoms with Crippen molar-refractivity contribution < 1.29 is 4.74 Å². The van der Waals surface area contributed by atoms with Gasteiger partial charge in [-0.3, -0.25) is 9.20 Å². The Morgan fingerprint density at radius 3 is 2.90 bits per heavy atom. The fourth-order valence-corrected chi connectivity index (χ4v) is 3.83. The summed E-state index contributed by atoms with van der Waals surface area (Å²) < 4.78 is 7.64. The molecule has 2 aromatic heterocycles. The molecule has 0 bridgehead atoms. The lowest BCUT2D eigenvalue weighted by molar-refractivity contribution is -0.0699. The topological polar surface area (TPSA) is 55.6 Å². The van der Waals surface area contributed by atoms with E-state index in [9.17, 15) is 4.79 Å². The predicted molar refractivity (Wildman–Crippen MR) is 83.8 cm³/mol. The number of ether oxygens (including phenoxy) is 1. The Balaban J connectivity index is 1.76. The van der Waals surface area contributed by atoms with E-state index in [4.69, 9.17) is 4.74 Å². The van der Waals surface area contributed by atoms with Crippen LogP contribution in [0.1, 0.15) is 39.8 Å². The summed E-state index contributed by atoms with van der Waals surface area (Å²) in [6, 6.07) is 1.84. The van der Waals surface area contributed by atoms with Gasteiger partial charge in [0.15, 0.2) is 4.96 Å². The number of nitrogens with one attached hydrogen (secondary N) is 1. The molecule has 1 aliphatic rings. The van der Waals surface area contributed by atoms with Gasteiger partial charge in [-0.2, -0.15) is 0 Å². The zero-order chi connectivity index (χ0) is 15.3. The maximum absolute atomic E-state index is 12.0. The maximum atomic E-state index is 12.0. The Hall–Kier alpha value is -1.24. The molecule has 3 heterocycles. The van der Waals surface area contributed by atoms with E-state index >= 15 is 0 Å². The van der Waals surface area contributed by atoms with Gasteiger partial charge >= 0.3 is 0 Å². The average molecular weight is 307 g/mol. The zero-order valence-corrected chi connectivity index (χ0v) is 13.7. The minimum atomic E-state index is -0.217. The fourth-order valence-electron chi connectivity index (χ4n) is 3.09. The van der Waals surface area contributed by atoms with E-state index in [2.05, 4.69) is 38.0 Å². The molecule has 2 aromatic rings. The number of hydrogen-bond donors (Lipinski definition) is 1. The minimum Gasteiger partial charge on any atom is -0.368 e. The first kappa shape index (κ1) is 14.7. The quantitative estimate of drug-likeness (QED) is 0.944. The van der Waals surface area contributed by atoms with Crippen LogP contribution in [0.15, 0.2) is 22.4 Å². The third-order valence-electron chi connectivity index (χ3n) is 3.96. The Labute approximate surface area is 128 Å². The summed E-state index contributed by atoms with van der Waals surface area (Å²) in [4.78, 5) is 17.2. The van der Waals surface area contributed by atoms with Crippen molar-refractivity contribution in [1.82, 2.24) is 14.7 Å². The van der Waals surface area contributed by atoms with E-state index in [0.717, 1.165) is 17.1 Å². The van der Waals surface area contributed by atoms with E-state index in [1.165, 1.54) is 11.3 Å². The number of hydrogen-bond acceptors (Lipinski definition) is 5. The number of fused-ring (bicyclic) bond motifs is 1. The lowest BCUT2D eigenvalue weighted by Gasteiger charge is -2.27. The molecule has 6 heteroatoms. The first-order valence-electron chi connectivity index (χ1n) is 7.16. The summed E-state index contributed by atoms with van der Waals surface area (Å²) >= 11 is 1.47. The summed E-state index contributed by atoms with van der Waals surface area (Å²) in [7, 11) is 0. The van der Waals surface area contributed by atoms with Crippen LogP contribution in [-0.4, -0.2) is 26.6 Å². The van der Waals surface area contributed by atoms with Gasteiger partial charge in [0, 0.05) is 30.2 Å². The molecular formula is C15H21N3O2S. The monoisotopic (exact) mass is 307 g/mol. The van der Waals surface area contributed by atoms with E-state index < -0.39 is 0 Å². The second-order valence-corrected chi connectivity index (χ2v) is 7.62. The van der Waals surface area contributed by atoms with Crippen LogP contribution in [0.5, 0.6) is 0 Å². The van der Waals surface area contributed by atoms with Crippen molar-refractivity contribution in [3.8, 4) is 0 Å². The maximum Gasteiger partial charge on any atom is 0.258 e. The Bertz CT molecular complexity index is 717. The van der Waals surface area contributed by atoms with E-state index in [0.29, 0.717) is 6.54 Å². The van der Waals surface area contributed by atoms with Crippen LogP contribution in [0.2, 0.25) is 0 Å². The van der Waals surface area contributed by atoms with Gasteiger partial charge in [0.1, 0.15) is 0 Å². The third kappa shape index (κ3) is 2.88. The Morgan fingerprint density at radius 1 is 1.48 bits per heavy atom. The first-order valence-corrected chi connectivity index (χ1v) is 8.04. The molecular weight excluding hydrogens is 286 g/mol. The average Bonchev–Trinajstić information content (AvgIpc) is 2.88. The fraction of sp³-hybridized carbons (Fsp3) is 0.600. The van der Waals surface area contributed by atoms with Crippen LogP contribution in [0.3, 0.4) is 0 Å². The number of nitrogens with zero attached hydrogens (tertiary/aromatic N) is 2. The molecule has 21 heavy (non-hydrogen) atoms. The van der Waals surface area contributed by atoms with Crippen LogP contribution in [0.25, 0.3) is 4.96 Å². The lowest BCUT2D eigenvalue weighted by atomic mass is 9.94. The van der Waals surface area contributed by atoms with Crippen molar-refractivity contribution in [3.05, 3.63) is 33.7 Å². The molecule has 5 nitrogen and oxygen atoms in total. The lowest BCUT2D eigenvalue weighted by Crippen LogP contribution is -2.43. The SMILES string of the molecule is CC1(C)CC(NCc2cc(=O)n3ccsc3n2)C(C)(C)O1. The van der Waals surface area contributed by atoms with Gasteiger partial charge in [0.2, 0.25) is 0 Å². The van der Waals surface area contributed by atoms with Crippen molar-refractivity contribution in [2.45, 2.75) is 57.9 Å². The van der Waals surface area contributed by atoms with Gasteiger partial charge in [-0.25, -0.2) is 4.98 Å². The molecule has 1 aliphatic heterocycles. The summed E-state index contributed by atoms with van der Waals surface area (Å²) in [6.07, 6.45) is 2.70. The highest BCUT2D eigenvalue weighted by molar-refractivity contribution is 7.15. The van der Waals surface area contributed by atoms with Gasteiger partial charge in [-0.15, -0.1) is 11.3 Å². The number of aromatic nitrogens is 2. The first-order chi connectivity index (χ1) is 9.77. The second kappa shape index (κ2) is 4.90. The van der Waals surface area contributed by atoms with Crippen molar-refractivity contribution in [2.75, 3.05) is 0 Å². The van der Waals surface area contributed by atoms with Gasteiger partial charge in [0.05, 0.1) is 16.9 Å². The normalized spacial score (nSPS) is 23.7. The van der Waals surface area contributed by atoms with Crippen molar-refractivity contribution in [1.29, 1.82) is 0 Å². The summed E-state index contributed by atoms with van der Waals surface area (Å²) in [5.41, 5.74) is 0.417. The van der Waals surface area contributed by atoms with Gasteiger partial charge < -0.3 is 10.1 Å². The van der Waals surface area contributed by atoms with Gasteiger partial charge in [0.25, 0.3) is 5.56 Å². The molecule has 0 aromatic carbocycles. The highest BCUT2D eigenvalue weighted by atomic mass is 32.1. The molecule has 114 valence electrons. The molecule has 1 unspecified atom stereocenters. The van der Waals surface area contributed by atoms with E-state index in [1.54, 1.807) is 16.7 Å². The zero-order valence-electron chi connectivity index (χ0n) is 12.8. The standard InChI is InChI=1S/C15H21N3O2S/c1-14(2)8-11(15(3,4)20-14)16-9-10-7-12(19)18-5-6-21-13(18)17-10/h5-7,11,16H,8-9H2,1-4H3. The van der Waals surface area contributed by atoms with E-state index in [-0.39, 0.29) is 22.8 Å². The van der Waals surface area contributed by atoms with Gasteiger partial charge in [-0.05, 0) is 34.1 Å². The van der Waals surface area contributed by atoms with Crippen LogP contribution >= 0.6 is 11.3 Å². The van der Waals surface area contributed by atoms with E-state index in [1.807, 2.05) is 5.38 Å². The van der Waals surface area contributed by atoms with Crippen molar-refractivity contribution >= 4 is 16.3 Å². The van der Waals surface area contributed by atoms with Gasteiger partial charge in [-0.1, -0.05) is 0 Å². The second-order valence-electron chi connectivity index (χ2n) is 6.74. The summed E-state index contributed by atoms with van der Waals surface area (Å²) in [6.45, 7) is 9.00.